The highest BCUT2D eigenvalue weighted by atomic mass is 35.5. The molecule has 4 aromatic rings. The number of nitrogens with one attached hydrogen (secondary N) is 1. The van der Waals surface area contributed by atoms with Gasteiger partial charge in [-0.1, -0.05) is 41.9 Å². The van der Waals surface area contributed by atoms with Crippen LogP contribution in [0.3, 0.4) is 0 Å². The van der Waals surface area contributed by atoms with Crippen LogP contribution in [0.1, 0.15) is 32.9 Å². The Balaban J connectivity index is 1.46. The largest absolute Gasteiger partial charge is 0.319 e. The Kier molecular flexibility index (Phi) is 6.23. The molecule has 33 heavy (non-hydrogen) atoms. The number of carbonyl (C=O) groups excluding carboxylic acids is 1. The van der Waals surface area contributed by atoms with Gasteiger partial charge in [-0.05, 0) is 43.2 Å². The first-order chi connectivity index (χ1) is 15.8. The molecule has 1 amide bonds. The Bertz CT molecular complexity index is 1340. The van der Waals surface area contributed by atoms with E-state index in [9.17, 15) is 14.9 Å². The summed E-state index contributed by atoms with van der Waals surface area (Å²) in [6, 6.07) is 14.6. The fourth-order valence-electron chi connectivity index (χ4n) is 3.61. The first kappa shape index (κ1) is 22.2. The number of halogens is 1. The third kappa shape index (κ3) is 4.93. The number of anilines is 1. The van der Waals surface area contributed by atoms with Crippen LogP contribution in [0.5, 0.6) is 0 Å². The van der Waals surface area contributed by atoms with Crippen molar-refractivity contribution < 1.29 is 9.72 Å². The number of nitro groups is 1. The highest BCUT2D eigenvalue weighted by molar-refractivity contribution is 6.31. The van der Waals surface area contributed by atoms with E-state index in [1.807, 2.05) is 30.3 Å². The van der Waals surface area contributed by atoms with Crippen LogP contribution in [0.15, 0.2) is 60.9 Å². The average molecular weight is 465 g/mol. The van der Waals surface area contributed by atoms with Crippen LogP contribution in [0.25, 0.3) is 0 Å². The average Bonchev–Trinajstić information content (AvgIpc) is 3.33. The second-order valence-electron chi connectivity index (χ2n) is 7.61. The van der Waals surface area contributed by atoms with Crippen LogP contribution < -0.4 is 5.32 Å². The molecule has 0 aliphatic carbocycles. The third-order valence-electron chi connectivity index (χ3n) is 5.23. The lowest BCUT2D eigenvalue weighted by Gasteiger charge is -2.07. The van der Waals surface area contributed by atoms with E-state index in [0.717, 1.165) is 11.1 Å². The van der Waals surface area contributed by atoms with E-state index in [2.05, 4.69) is 15.5 Å². The maximum absolute atomic E-state index is 12.8. The van der Waals surface area contributed by atoms with Gasteiger partial charge in [0.2, 0.25) is 0 Å². The molecule has 0 spiro atoms. The van der Waals surface area contributed by atoms with Gasteiger partial charge in [0, 0.05) is 16.8 Å². The quantitative estimate of drug-likeness (QED) is 0.317. The fraction of sp³-hybridized carbons (Fsp3) is 0.174. The summed E-state index contributed by atoms with van der Waals surface area (Å²) in [6.45, 7) is 4.07. The van der Waals surface area contributed by atoms with Crippen molar-refractivity contribution in [3.63, 3.8) is 0 Å². The van der Waals surface area contributed by atoms with Gasteiger partial charge in [0.1, 0.15) is 11.4 Å². The monoisotopic (exact) mass is 464 g/mol. The van der Waals surface area contributed by atoms with Crippen molar-refractivity contribution in [3.8, 4) is 0 Å². The summed E-state index contributed by atoms with van der Waals surface area (Å²) in [5.41, 5.74) is 3.60. The number of aromatic nitrogens is 4. The minimum absolute atomic E-state index is 0.0118. The molecule has 2 aromatic carbocycles. The van der Waals surface area contributed by atoms with E-state index >= 15 is 0 Å². The lowest BCUT2D eigenvalue weighted by molar-refractivity contribution is -0.386. The Morgan fingerprint density at radius 3 is 2.67 bits per heavy atom. The van der Waals surface area contributed by atoms with Gasteiger partial charge in [-0.25, -0.2) is 0 Å². The van der Waals surface area contributed by atoms with E-state index in [4.69, 9.17) is 11.6 Å². The Morgan fingerprint density at radius 1 is 1.15 bits per heavy atom. The van der Waals surface area contributed by atoms with Gasteiger partial charge in [0.15, 0.2) is 0 Å². The summed E-state index contributed by atoms with van der Waals surface area (Å²) in [7, 11) is 0. The number of hydrogen-bond donors (Lipinski definition) is 1. The number of hydrogen-bond acceptors (Lipinski definition) is 5. The molecule has 9 nitrogen and oxygen atoms in total. The van der Waals surface area contributed by atoms with Gasteiger partial charge >= 0.3 is 5.69 Å². The zero-order chi connectivity index (χ0) is 23.5. The van der Waals surface area contributed by atoms with Gasteiger partial charge in [0.05, 0.1) is 29.9 Å². The van der Waals surface area contributed by atoms with Gasteiger partial charge in [0.25, 0.3) is 5.91 Å². The molecule has 0 saturated heterocycles. The molecule has 0 fully saturated rings. The van der Waals surface area contributed by atoms with Crippen molar-refractivity contribution in [1.29, 1.82) is 0 Å². The molecule has 0 unspecified atom stereocenters. The number of rotatable bonds is 7. The highest BCUT2D eigenvalue weighted by Crippen LogP contribution is 2.23. The zero-order valence-corrected chi connectivity index (χ0v) is 18.8. The molecule has 0 bridgehead atoms. The van der Waals surface area contributed by atoms with E-state index in [-0.39, 0.29) is 11.6 Å². The van der Waals surface area contributed by atoms with Crippen molar-refractivity contribution in [2.75, 3.05) is 5.32 Å². The maximum Gasteiger partial charge on any atom is 0.312 e. The van der Waals surface area contributed by atoms with Crippen molar-refractivity contribution in [2.24, 2.45) is 0 Å². The van der Waals surface area contributed by atoms with E-state index in [1.54, 1.807) is 53.8 Å². The Morgan fingerprint density at radius 2 is 1.94 bits per heavy atom. The van der Waals surface area contributed by atoms with E-state index < -0.39 is 4.92 Å². The van der Waals surface area contributed by atoms with Crippen LogP contribution in [0.4, 0.5) is 11.4 Å². The molecular weight excluding hydrogens is 444 g/mol. The molecule has 168 valence electrons. The zero-order valence-electron chi connectivity index (χ0n) is 18.0. The van der Waals surface area contributed by atoms with Crippen molar-refractivity contribution in [1.82, 2.24) is 19.6 Å². The second kappa shape index (κ2) is 9.25. The maximum atomic E-state index is 12.8. The summed E-state index contributed by atoms with van der Waals surface area (Å²) in [4.78, 5) is 23.6. The molecule has 0 radical (unpaired) electrons. The third-order valence-corrected chi connectivity index (χ3v) is 5.60. The van der Waals surface area contributed by atoms with Gasteiger partial charge in [-0.15, -0.1) is 0 Å². The number of carbonyl (C=O) groups is 1. The standard InChI is InChI=1S/C23H21ClN6O3/c1-15-22(30(32)33)16(2)29(27-15)12-17-6-5-8-18(10-17)23(31)26-20-11-25-28(14-20)13-19-7-3-4-9-21(19)24/h3-11,14H,12-13H2,1-2H3,(H,26,31). The van der Waals surface area contributed by atoms with Crippen molar-refractivity contribution in [2.45, 2.75) is 26.9 Å². The van der Waals surface area contributed by atoms with Gasteiger partial charge in [-0.2, -0.15) is 10.2 Å². The Labute approximate surface area is 194 Å². The molecule has 0 atom stereocenters. The number of nitrogens with zero attached hydrogens (tertiary/aromatic N) is 5. The van der Waals surface area contributed by atoms with Crippen molar-refractivity contribution in [3.05, 3.63) is 104 Å². The number of benzene rings is 2. The summed E-state index contributed by atoms with van der Waals surface area (Å²) < 4.78 is 3.27. The summed E-state index contributed by atoms with van der Waals surface area (Å²) >= 11 is 6.20. The molecule has 0 saturated carbocycles. The SMILES string of the molecule is Cc1nn(Cc2cccc(C(=O)Nc3cnn(Cc4ccccc4Cl)c3)c2)c(C)c1[N+](=O)[O-]. The molecule has 0 aliphatic heterocycles. The number of aryl methyl sites for hydroxylation is 1. The molecule has 4 rings (SSSR count). The van der Waals surface area contributed by atoms with Crippen LogP contribution >= 0.6 is 11.6 Å². The lowest BCUT2D eigenvalue weighted by atomic mass is 10.1. The van der Waals surface area contributed by atoms with Crippen molar-refractivity contribution >= 4 is 28.9 Å². The normalized spacial score (nSPS) is 10.9. The molecule has 0 aliphatic rings. The van der Waals surface area contributed by atoms with Crippen LogP contribution in [0.2, 0.25) is 5.02 Å². The van der Waals surface area contributed by atoms with Crippen LogP contribution in [-0.4, -0.2) is 30.4 Å². The first-order valence-electron chi connectivity index (χ1n) is 10.2. The highest BCUT2D eigenvalue weighted by Gasteiger charge is 2.21. The second-order valence-corrected chi connectivity index (χ2v) is 8.01. The fourth-order valence-corrected chi connectivity index (χ4v) is 3.80. The van der Waals surface area contributed by atoms with E-state index in [0.29, 0.717) is 40.8 Å². The predicted octanol–water partition coefficient (Wildman–Crippen LogP) is 4.61. The predicted molar refractivity (Wildman–Crippen MR) is 125 cm³/mol. The summed E-state index contributed by atoms with van der Waals surface area (Å²) in [6.07, 6.45) is 3.31. The van der Waals surface area contributed by atoms with Gasteiger partial charge < -0.3 is 5.32 Å². The molecule has 2 aromatic heterocycles. The molecule has 10 heteroatoms. The van der Waals surface area contributed by atoms with E-state index in [1.165, 1.54) is 0 Å². The molecule has 1 N–H and O–H groups in total. The van der Waals surface area contributed by atoms with Gasteiger partial charge in [-0.3, -0.25) is 24.3 Å². The Hall–Kier alpha value is -3.98. The first-order valence-corrected chi connectivity index (χ1v) is 10.5. The van der Waals surface area contributed by atoms with Crippen LogP contribution in [-0.2, 0) is 13.1 Å². The van der Waals surface area contributed by atoms with Crippen LogP contribution in [0, 0.1) is 24.0 Å². The summed E-state index contributed by atoms with van der Waals surface area (Å²) in [5.74, 6) is -0.284. The minimum Gasteiger partial charge on any atom is -0.319 e. The number of amides is 1. The summed E-state index contributed by atoms with van der Waals surface area (Å²) in [5, 5.41) is 23.3. The molecule has 2 heterocycles. The topological polar surface area (TPSA) is 108 Å². The minimum atomic E-state index is -0.427. The molecular formula is C23H21ClN6O3. The lowest BCUT2D eigenvalue weighted by Crippen LogP contribution is -2.12. The smallest absolute Gasteiger partial charge is 0.312 e.